The molecule has 2 unspecified atom stereocenters. The molecule has 5 nitrogen and oxygen atoms in total. The fourth-order valence-electron chi connectivity index (χ4n) is 2.65. The number of rotatable bonds is 4. The van der Waals surface area contributed by atoms with Gasteiger partial charge in [0.1, 0.15) is 11.9 Å². The van der Waals surface area contributed by atoms with Crippen molar-refractivity contribution < 1.29 is 19.0 Å². The number of benzene rings is 1. The lowest BCUT2D eigenvalue weighted by Gasteiger charge is -2.31. The number of nitrogens with two attached hydrogens (primary N) is 1. The van der Waals surface area contributed by atoms with Crippen molar-refractivity contribution in [2.24, 2.45) is 0 Å². The van der Waals surface area contributed by atoms with Gasteiger partial charge in [-0.25, -0.2) is 4.79 Å². The Morgan fingerprint density at radius 3 is 2.57 bits per heavy atom. The van der Waals surface area contributed by atoms with Crippen LogP contribution in [-0.2, 0) is 9.47 Å². The van der Waals surface area contributed by atoms with Gasteiger partial charge >= 0.3 is 5.97 Å². The van der Waals surface area contributed by atoms with Crippen LogP contribution in [0.1, 0.15) is 44.0 Å². The number of carbonyl (C=O) groups excluding carboxylic acids is 1. The molecular formula is C16H23NO4. The van der Waals surface area contributed by atoms with Crippen LogP contribution in [0.25, 0.3) is 0 Å². The van der Waals surface area contributed by atoms with E-state index in [1.165, 1.54) is 0 Å². The van der Waals surface area contributed by atoms with E-state index >= 15 is 0 Å². The maximum absolute atomic E-state index is 12.3. The summed E-state index contributed by atoms with van der Waals surface area (Å²) in [6.07, 6.45) is 1.53. The Kier molecular flexibility index (Phi) is 5.07. The van der Waals surface area contributed by atoms with Gasteiger partial charge in [-0.1, -0.05) is 0 Å². The third-order valence-corrected chi connectivity index (χ3v) is 3.40. The molecule has 5 heteroatoms. The third kappa shape index (κ3) is 4.36. The highest BCUT2D eigenvalue weighted by atomic mass is 16.6. The van der Waals surface area contributed by atoms with Gasteiger partial charge in [0.15, 0.2) is 0 Å². The summed E-state index contributed by atoms with van der Waals surface area (Å²) in [5, 5.41) is 0. The predicted molar refractivity (Wildman–Crippen MR) is 80.5 cm³/mol. The lowest BCUT2D eigenvalue weighted by atomic mass is 10.0. The molecule has 1 aliphatic heterocycles. The number of nitrogen functional groups attached to an aromatic ring is 1. The summed E-state index contributed by atoms with van der Waals surface area (Å²) in [6.45, 7) is 6.38. The molecule has 1 aromatic carbocycles. The molecule has 0 bridgehead atoms. The smallest absolute Gasteiger partial charge is 0.338 e. The Morgan fingerprint density at radius 1 is 1.29 bits per heavy atom. The molecule has 0 aliphatic carbocycles. The maximum atomic E-state index is 12.3. The first kappa shape index (κ1) is 15.6. The second kappa shape index (κ2) is 6.80. The summed E-state index contributed by atoms with van der Waals surface area (Å²) >= 11 is 0. The Hall–Kier alpha value is -1.75. The SMILES string of the molecule is CCOc1cc(N)cc(C(=O)OC2CC(C)OC(C)C2)c1. The van der Waals surface area contributed by atoms with Gasteiger partial charge in [-0.05, 0) is 32.9 Å². The summed E-state index contributed by atoms with van der Waals surface area (Å²) in [5.74, 6) is 0.215. The zero-order valence-corrected chi connectivity index (χ0v) is 12.8. The van der Waals surface area contributed by atoms with E-state index in [0.29, 0.717) is 23.6 Å². The molecule has 1 heterocycles. The van der Waals surface area contributed by atoms with E-state index in [-0.39, 0.29) is 24.3 Å². The van der Waals surface area contributed by atoms with Crippen molar-refractivity contribution in [2.75, 3.05) is 12.3 Å². The molecule has 0 aromatic heterocycles. The first-order valence-corrected chi connectivity index (χ1v) is 7.37. The molecule has 1 aromatic rings. The van der Waals surface area contributed by atoms with E-state index < -0.39 is 0 Å². The quantitative estimate of drug-likeness (QED) is 0.682. The van der Waals surface area contributed by atoms with E-state index in [4.69, 9.17) is 19.9 Å². The standard InChI is InChI=1S/C16H23NO4/c1-4-19-14-8-12(7-13(17)9-14)16(18)21-15-5-10(2)20-11(3)6-15/h7-11,15H,4-6,17H2,1-3H3. The van der Waals surface area contributed by atoms with Crippen molar-refractivity contribution in [3.8, 4) is 5.75 Å². The largest absolute Gasteiger partial charge is 0.494 e. The van der Waals surface area contributed by atoms with Gasteiger partial charge in [-0.2, -0.15) is 0 Å². The Morgan fingerprint density at radius 2 is 1.95 bits per heavy atom. The lowest BCUT2D eigenvalue weighted by molar-refractivity contribution is -0.0855. The number of carbonyl (C=O) groups is 1. The molecule has 1 aliphatic rings. The van der Waals surface area contributed by atoms with Crippen LogP contribution in [0.5, 0.6) is 5.75 Å². The highest BCUT2D eigenvalue weighted by molar-refractivity contribution is 5.91. The molecular weight excluding hydrogens is 270 g/mol. The summed E-state index contributed by atoms with van der Waals surface area (Å²) in [5.41, 5.74) is 6.71. The molecule has 1 fully saturated rings. The van der Waals surface area contributed by atoms with Crippen molar-refractivity contribution in [3.63, 3.8) is 0 Å². The molecule has 1 saturated heterocycles. The summed E-state index contributed by atoms with van der Waals surface area (Å²) in [6, 6.07) is 4.96. The zero-order valence-electron chi connectivity index (χ0n) is 12.8. The Labute approximate surface area is 125 Å². The van der Waals surface area contributed by atoms with E-state index in [9.17, 15) is 4.79 Å². The van der Waals surface area contributed by atoms with E-state index in [2.05, 4.69) is 0 Å². The van der Waals surface area contributed by atoms with Crippen molar-refractivity contribution in [2.45, 2.75) is 51.9 Å². The van der Waals surface area contributed by atoms with Gasteiger partial charge in [-0.15, -0.1) is 0 Å². The molecule has 0 radical (unpaired) electrons. The number of ether oxygens (including phenoxy) is 3. The fourth-order valence-corrected chi connectivity index (χ4v) is 2.65. The van der Waals surface area contributed by atoms with E-state index in [1.807, 2.05) is 20.8 Å². The molecule has 0 amide bonds. The molecule has 0 spiro atoms. The number of hydrogen-bond donors (Lipinski definition) is 1. The fraction of sp³-hybridized carbons (Fsp3) is 0.562. The lowest BCUT2D eigenvalue weighted by Crippen LogP contribution is -2.35. The second-order valence-electron chi connectivity index (χ2n) is 5.48. The van der Waals surface area contributed by atoms with Crippen molar-refractivity contribution in [1.82, 2.24) is 0 Å². The summed E-state index contributed by atoms with van der Waals surface area (Å²) < 4.78 is 16.6. The summed E-state index contributed by atoms with van der Waals surface area (Å²) in [4.78, 5) is 12.3. The van der Waals surface area contributed by atoms with E-state index in [1.54, 1.807) is 18.2 Å². The van der Waals surface area contributed by atoms with Crippen molar-refractivity contribution in [1.29, 1.82) is 0 Å². The van der Waals surface area contributed by atoms with Gasteiger partial charge < -0.3 is 19.9 Å². The minimum atomic E-state index is -0.366. The summed E-state index contributed by atoms with van der Waals surface area (Å²) in [7, 11) is 0. The third-order valence-electron chi connectivity index (χ3n) is 3.40. The normalized spacial score (nSPS) is 25.4. The maximum Gasteiger partial charge on any atom is 0.338 e. The molecule has 116 valence electrons. The monoisotopic (exact) mass is 293 g/mol. The first-order chi connectivity index (χ1) is 9.97. The van der Waals surface area contributed by atoms with Crippen LogP contribution in [-0.4, -0.2) is 30.9 Å². The minimum Gasteiger partial charge on any atom is -0.494 e. The molecule has 0 saturated carbocycles. The molecule has 2 atom stereocenters. The van der Waals surface area contributed by atoms with E-state index in [0.717, 1.165) is 12.8 Å². The van der Waals surface area contributed by atoms with Crippen molar-refractivity contribution >= 4 is 11.7 Å². The highest BCUT2D eigenvalue weighted by Gasteiger charge is 2.27. The van der Waals surface area contributed by atoms with Crippen LogP contribution in [0.15, 0.2) is 18.2 Å². The molecule has 2 N–H and O–H groups in total. The van der Waals surface area contributed by atoms with Crippen molar-refractivity contribution in [3.05, 3.63) is 23.8 Å². The van der Waals surface area contributed by atoms with Crippen LogP contribution in [0.3, 0.4) is 0 Å². The topological polar surface area (TPSA) is 70.8 Å². The average molecular weight is 293 g/mol. The number of anilines is 1. The predicted octanol–water partition coefficient (Wildman–Crippen LogP) is 2.78. The van der Waals surface area contributed by atoms with Crippen LogP contribution in [0, 0.1) is 0 Å². The second-order valence-corrected chi connectivity index (χ2v) is 5.48. The number of hydrogen-bond acceptors (Lipinski definition) is 5. The highest BCUT2D eigenvalue weighted by Crippen LogP contribution is 2.24. The molecule has 21 heavy (non-hydrogen) atoms. The first-order valence-electron chi connectivity index (χ1n) is 7.37. The van der Waals surface area contributed by atoms with Gasteiger partial charge in [0.05, 0.1) is 24.4 Å². The zero-order chi connectivity index (χ0) is 15.4. The van der Waals surface area contributed by atoms with Gasteiger partial charge in [0, 0.05) is 24.6 Å². The Balaban J connectivity index is 2.06. The number of esters is 1. The minimum absolute atomic E-state index is 0.103. The van der Waals surface area contributed by atoms with Gasteiger partial charge in [0.2, 0.25) is 0 Å². The van der Waals surface area contributed by atoms with Gasteiger partial charge in [-0.3, -0.25) is 0 Å². The van der Waals surface area contributed by atoms with Crippen LogP contribution in [0.4, 0.5) is 5.69 Å². The average Bonchev–Trinajstić information content (AvgIpc) is 2.37. The molecule has 2 rings (SSSR count). The van der Waals surface area contributed by atoms with Crippen LogP contribution >= 0.6 is 0 Å². The Bertz CT molecular complexity index is 493. The van der Waals surface area contributed by atoms with Gasteiger partial charge in [0.25, 0.3) is 0 Å². The van der Waals surface area contributed by atoms with Crippen LogP contribution in [0.2, 0.25) is 0 Å². The van der Waals surface area contributed by atoms with Crippen LogP contribution < -0.4 is 10.5 Å².